The van der Waals surface area contributed by atoms with Crippen LogP contribution >= 0.6 is 0 Å². The molecule has 1 amide bonds. The Hall–Kier alpha value is -1.25. The Morgan fingerprint density at radius 2 is 2.00 bits per heavy atom. The van der Waals surface area contributed by atoms with Crippen LogP contribution in [0.15, 0.2) is 0 Å². The van der Waals surface area contributed by atoms with Gasteiger partial charge in [0.15, 0.2) is 6.19 Å². The van der Waals surface area contributed by atoms with Crippen LogP contribution in [0.25, 0.3) is 0 Å². The smallest absolute Gasteiger partial charge is 0.274 e. The molecular weight excluding hydrogens is 197 g/mol. The standard InChI is InChI=1S/C8H11F3N2O/c1-5(7(14)13-4-12)3-6(2)8(9,10)11/h5-6H,3H2,1-2H3,(H,13,14)/t5-,6-/m0/s1. The normalized spacial score (nSPS) is 15.4. The van der Waals surface area contributed by atoms with Crippen molar-refractivity contribution in [3.8, 4) is 6.19 Å². The molecule has 0 fully saturated rings. The monoisotopic (exact) mass is 208 g/mol. The number of carbonyl (C=O) groups is 1. The number of carbonyl (C=O) groups excluding carboxylic acids is 1. The predicted molar refractivity (Wildman–Crippen MR) is 42.8 cm³/mol. The number of hydrogen-bond donors (Lipinski definition) is 1. The van der Waals surface area contributed by atoms with Crippen LogP contribution in [0.3, 0.4) is 0 Å². The van der Waals surface area contributed by atoms with E-state index in [9.17, 15) is 18.0 Å². The first-order valence-corrected chi connectivity index (χ1v) is 4.04. The summed E-state index contributed by atoms with van der Waals surface area (Å²) in [6.45, 7) is 2.37. The third kappa shape index (κ3) is 4.12. The molecule has 0 saturated carbocycles. The molecule has 1 N–H and O–H groups in total. The number of nitrogens with zero attached hydrogens (tertiary/aromatic N) is 1. The Morgan fingerprint density at radius 3 is 2.36 bits per heavy atom. The van der Waals surface area contributed by atoms with Gasteiger partial charge in [-0.05, 0) is 6.42 Å². The van der Waals surface area contributed by atoms with E-state index in [2.05, 4.69) is 0 Å². The van der Waals surface area contributed by atoms with E-state index in [0.29, 0.717) is 0 Å². The Labute approximate surface area is 79.9 Å². The van der Waals surface area contributed by atoms with E-state index in [-0.39, 0.29) is 6.42 Å². The lowest BCUT2D eigenvalue weighted by Gasteiger charge is -2.18. The van der Waals surface area contributed by atoms with Gasteiger partial charge in [0.25, 0.3) is 0 Å². The maximum Gasteiger partial charge on any atom is 0.391 e. The number of nitriles is 1. The van der Waals surface area contributed by atoms with Gasteiger partial charge >= 0.3 is 6.18 Å². The van der Waals surface area contributed by atoms with E-state index in [1.54, 1.807) is 5.32 Å². The van der Waals surface area contributed by atoms with E-state index >= 15 is 0 Å². The minimum Gasteiger partial charge on any atom is -0.274 e. The topological polar surface area (TPSA) is 52.9 Å². The highest BCUT2D eigenvalue weighted by Crippen LogP contribution is 2.30. The van der Waals surface area contributed by atoms with Gasteiger partial charge < -0.3 is 0 Å². The molecule has 0 radical (unpaired) electrons. The molecule has 0 aromatic carbocycles. The molecule has 0 aliphatic carbocycles. The zero-order valence-electron chi connectivity index (χ0n) is 7.85. The van der Waals surface area contributed by atoms with E-state index in [1.807, 2.05) is 0 Å². The van der Waals surface area contributed by atoms with E-state index in [0.717, 1.165) is 6.92 Å². The molecule has 0 spiro atoms. The SMILES string of the molecule is C[C@@H](C[C@H](C)C(F)(F)F)C(=O)NC#N. The van der Waals surface area contributed by atoms with Crippen molar-refractivity contribution in [1.29, 1.82) is 5.26 Å². The van der Waals surface area contributed by atoms with E-state index < -0.39 is 23.9 Å². The maximum atomic E-state index is 12.1. The van der Waals surface area contributed by atoms with Gasteiger partial charge in [0.05, 0.1) is 5.92 Å². The van der Waals surface area contributed by atoms with Gasteiger partial charge in [-0.2, -0.15) is 18.4 Å². The van der Waals surface area contributed by atoms with Gasteiger partial charge in [-0.3, -0.25) is 10.1 Å². The molecule has 0 rings (SSSR count). The summed E-state index contributed by atoms with van der Waals surface area (Å²) < 4.78 is 36.2. The number of rotatable bonds is 3. The van der Waals surface area contributed by atoms with Crippen LogP contribution in [0.5, 0.6) is 0 Å². The Balaban J connectivity index is 4.14. The van der Waals surface area contributed by atoms with Crippen molar-refractivity contribution in [3.05, 3.63) is 0 Å². The summed E-state index contributed by atoms with van der Waals surface area (Å²) in [5.41, 5.74) is 0. The molecule has 2 atom stereocenters. The van der Waals surface area contributed by atoms with Crippen molar-refractivity contribution in [2.45, 2.75) is 26.4 Å². The lowest BCUT2D eigenvalue weighted by Crippen LogP contribution is -2.30. The number of nitrogens with one attached hydrogen (secondary N) is 1. The first-order valence-electron chi connectivity index (χ1n) is 4.04. The summed E-state index contributed by atoms with van der Waals surface area (Å²) in [4.78, 5) is 10.9. The van der Waals surface area contributed by atoms with Crippen molar-refractivity contribution in [3.63, 3.8) is 0 Å². The second-order valence-electron chi connectivity index (χ2n) is 3.18. The number of alkyl halides is 3. The predicted octanol–water partition coefficient (Wildman–Crippen LogP) is 1.81. The molecule has 0 heterocycles. The second kappa shape index (κ2) is 4.84. The fourth-order valence-electron chi connectivity index (χ4n) is 0.949. The largest absolute Gasteiger partial charge is 0.391 e. The van der Waals surface area contributed by atoms with Gasteiger partial charge in [-0.1, -0.05) is 13.8 Å². The summed E-state index contributed by atoms with van der Waals surface area (Å²) in [6, 6.07) is 0. The van der Waals surface area contributed by atoms with Crippen molar-refractivity contribution < 1.29 is 18.0 Å². The van der Waals surface area contributed by atoms with Crippen LogP contribution in [0.4, 0.5) is 13.2 Å². The number of halogens is 3. The van der Waals surface area contributed by atoms with Gasteiger partial charge in [-0.25, -0.2) is 0 Å². The Kier molecular flexibility index (Phi) is 4.41. The molecule has 14 heavy (non-hydrogen) atoms. The van der Waals surface area contributed by atoms with Gasteiger partial charge in [-0.15, -0.1) is 0 Å². The van der Waals surface area contributed by atoms with Crippen molar-refractivity contribution in [1.82, 2.24) is 5.32 Å². The van der Waals surface area contributed by atoms with Crippen molar-refractivity contribution >= 4 is 5.91 Å². The van der Waals surface area contributed by atoms with Crippen LogP contribution in [-0.2, 0) is 4.79 Å². The number of amides is 1. The van der Waals surface area contributed by atoms with Crippen LogP contribution in [-0.4, -0.2) is 12.1 Å². The lowest BCUT2D eigenvalue weighted by atomic mass is 9.96. The van der Waals surface area contributed by atoms with Gasteiger partial charge in [0, 0.05) is 5.92 Å². The average molecular weight is 208 g/mol. The Morgan fingerprint density at radius 1 is 1.50 bits per heavy atom. The zero-order chi connectivity index (χ0) is 11.4. The van der Waals surface area contributed by atoms with Crippen molar-refractivity contribution in [2.24, 2.45) is 11.8 Å². The average Bonchev–Trinajstić information content (AvgIpc) is 2.02. The molecule has 80 valence electrons. The summed E-state index contributed by atoms with van der Waals surface area (Å²) in [5, 5.41) is 9.88. The van der Waals surface area contributed by atoms with Gasteiger partial charge in [0.2, 0.25) is 5.91 Å². The van der Waals surface area contributed by atoms with Crippen molar-refractivity contribution in [2.75, 3.05) is 0 Å². The molecule has 0 unspecified atom stereocenters. The summed E-state index contributed by atoms with van der Waals surface area (Å²) in [6.07, 6.45) is -3.22. The summed E-state index contributed by atoms with van der Waals surface area (Å²) in [5.74, 6) is -3.03. The maximum absolute atomic E-state index is 12.1. The molecule has 3 nitrogen and oxygen atoms in total. The second-order valence-corrected chi connectivity index (χ2v) is 3.18. The highest BCUT2D eigenvalue weighted by atomic mass is 19.4. The van der Waals surface area contributed by atoms with E-state index in [1.165, 1.54) is 13.1 Å². The molecule has 6 heteroatoms. The molecule has 0 saturated heterocycles. The highest BCUT2D eigenvalue weighted by molar-refractivity contribution is 5.79. The molecule has 0 aromatic heterocycles. The quantitative estimate of drug-likeness (QED) is 0.568. The molecule has 0 aliphatic rings. The molecule has 0 bridgehead atoms. The highest BCUT2D eigenvalue weighted by Gasteiger charge is 2.37. The Bertz CT molecular complexity index is 244. The lowest BCUT2D eigenvalue weighted by molar-refractivity contribution is -0.174. The van der Waals surface area contributed by atoms with Gasteiger partial charge in [0.1, 0.15) is 0 Å². The van der Waals surface area contributed by atoms with Crippen LogP contribution in [0.1, 0.15) is 20.3 Å². The molecule has 0 aromatic rings. The third-order valence-corrected chi connectivity index (χ3v) is 1.89. The minimum atomic E-state index is -4.29. The van der Waals surface area contributed by atoms with E-state index in [4.69, 9.17) is 5.26 Å². The zero-order valence-corrected chi connectivity index (χ0v) is 7.85. The number of hydrogen-bond acceptors (Lipinski definition) is 2. The molecular formula is C8H11F3N2O. The minimum absolute atomic E-state index is 0.309. The first-order chi connectivity index (χ1) is 6.29. The van der Waals surface area contributed by atoms with Crippen LogP contribution in [0, 0.1) is 23.3 Å². The molecule has 0 aliphatic heterocycles. The fourth-order valence-corrected chi connectivity index (χ4v) is 0.949. The fraction of sp³-hybridized carbons (Fsp3) is 0.750. The first kappa shape index (κ1) is 12.8. The van der Waals surface area contributed by atoms with Crippen LogP contribution in [0.2, 0.25) is 0 Å². The summed E-state index contributed by atoms with van der Waals surface area (Å²) >= 11 is 0. The van der Waals surface area contributed by atoms with Crippen LogP contribution < -0.4 is 5.32 Å². The third-order valence-electron chi connectivity index (χ3n) is 1.89. The summed E-state index contributed by atoms with van der Waals surface area (Å²) in [7, 11) is 0.